The summed E-state index contributed by atoms with van der Waals surface area (Å²) in [5, 5.41) is 21.0. The van der Waals surface area contributed by atoms with E-state index in [4.69, 9.17) is 10.4 Å². The van der Waals surface area contributed by atoms with E-state index in [0.717, 1.165) is 0 Å². The second-order valence-corrected chi connectivity index (χ2v) is 2.37. The molecule has 6 N–H and O–H groups in total. The summed E-state index contributed by atoms with van der Waals surface area (Å²) >= 11 is 0. The lowest BCUT2D eigenvalue weighted by atomic mass is 10.6. The molecule has 1 aliphatic rings. The average molecular weight is 206 g/mol. The highest BCUT2D eigenvalue weighted by Crippen LogP contribution is 1.94. The van der Waals surface area contributed by atoms with Crippen LogP contribution in [0.1, 0.15) is 0 Å². The second-order valence-electron chi connectivity index (χ2n) is 2.37. The van der Waals surface area contributed by atoms with Gasteiger partial charge in [-0.25, -0.2) is 10.4 Å². The molecule has 1 heterocycles. The third kappa shape index (κ3) is 2.66. The predicted molar refractivity (Wildman–Crippen MR) is 40.1 cm³/mol. The van der Waals surface area contributed by atoms with E-state index >= 15 is 0 Å². The van der Waals surface area contributed by atoms with Crippen LogP contribution in [-0.4, -0.2) is 33.6 Å². The van der Waals surface area contributed by atoms with Crippen molar-refractivity contribution >= 4 is 0 Å². The summed E-state index contributed by atoms with van der Waals surface area (Å²) in [6.45, 7) is 1.19. The lowest BCUT2D eigenvalue weighted by molar-refractivity contribution is -0.848. The Hall–Kier alpha value is -2.26. The van der Waals surface area contributed by atoms with E-state index in [2.05, 4.69) is 10.6 Å². The highest BCUT2D eigenvalue weighted by Gasteiger charge is 2.23. The van der Waals surface area contributed by atoms with Crippen molar-refractivity contribution in [3.63, 3.8) is 0 Å². The van der Waals surface area contributed by atoms with Crippen LogP contribution in [0.2, 0.25) is 0 Å². The van der Waals surface area contributed by atoms with E-state index in [1.807, 2.05) is 10.9 Å². The minimum Gasteiger partial charge on any atom is -0.367 e. The summed E-state index contributed by atoms with van der Waals surface area (Å²) in [4.78, 5) is 20.4. The number of hydrogen-bond acceptors (Lipinski definition) is 4. The number of hydrogen-bond donors (Lipinski definition) is 6. The Bertz CT molecular complexity index is 262. The van der Waals surface area contributed by atoms with Gasteiger partial charge in [0.15, 0.2) is 5.82 Å². The fraction of sp³-hybridized carbons (Fsp3) is 0.500. The topological polar surface area (TPSA) is 129 Å². The molecule has 14 heavy (non-hydrogen) atoms. The van der Waals surface area contributed by atoms with Gasteiger partial charge in [-0.15, -0.1) is 0 Å². The number of nitrogens with zero attached hydrogens (tertiary/aromatic N) is 2. The Balaban J connectivity index is 2.74. The number of rotatable bonds is 4. The van der Waals surface area contributed by atoms with Crippen molar-refractivity contribution in [1.82, 2.24) is 21.5 Å². The summed E-state index contributed by atoms with van der Waals surface area (Å²) in [5.74, 6) is 0.0901. The van der Waals surface area contributed by atoms with Crippen LogP contribution in [0.25, 0.3) is 0 Å². The summed E-state index contributed by atoms with van der Waals surface area (Å²) in [5.41, 5.74) is 3.66. The molecule has 0 radical (unpaired) electrons. The summed E-state index contributed by atoms with van der Waals surface area (Å²) < 4.78 is 0. The molecule has 10 heteroatoms. The van der Waals surface area contributed by atoms with Gasteiger partial charge in [0.05, 0.1) is 0 Å². The van der Waals surface area contributed by atoms with Crippen LogP contribution in [-0.2, 0) is 0 Å². The largest absolute Gasteiger partial charge is 0.367 e. The molecule has 1 aliphatic heterocycles. The normalized spacial score (nSPS) is 13.9. The van der Waals surface area contributed by atoms with Crippen molar-refractivity contribution in [3.8, 4) is 0 Å². The van der Waals surface area contributed by atoms with Gasteiger partial charge in [-0.1, -0.05) is 0 Å². The van der Waals surface area contributed by atoms with Gasteiger partial charge < -0.3 is 10.6 Å². The lowest BCUT2D eigenvalue weighted by Gasteiger charge is -2.01. The molecule has 1 rings (SSSR count). The third-order valence-electron chi connectivity index (χ3n) is 1.39. The van der Waals surface area contributed by atoms with Crippen molar-refractivity contribution in [2.45, 2.75) is 0 Å². The molecule has 0 saturated carbocycles. The maximum atomic E-state index is 10.2. The highest BCUT2D eigenvalue weighted by molar-refractivity contribution is 5.07. The van der Waals surface area contributed by atoms with E-state index < -0.39 is 10.1 Å². The Morgan fingerprint density at radius 3 is 1.93 bits per heavy atom. The first kappa shape index (κ1) is 9.83. The Labute approximate surface area is 77.6 Å². The van der Waals surface area contributed by atoms with Crippen molar-refractivity contribution in [1.29, 1.82) is 0 Å². The minimum atomic E-state index is -0.611. The van der Waals surface area contributed by atoms with Gasteiger partial charge in [0.1, 0.15) is 9.81 Å². The average Bonchev–Trinajstić information content (AvgIpc) is 2.52. The Morgan fingerprint density at radius 2 is 1.57 bits per heavy atom. The van der Waals surface area contributed by atoms with Crippen LogP contribution in [0.4, 0.5) is 0 Å². The summed E-state index contributed by atoms with van der Waals surface area (Å²) in [7, 11) is 0. The lowest BCUT2D eigenvalue weighted by Crippen LogP contribution is -2.39. The van der Waals surface area contributed by atoms with E-state index in [1.54, 1.807) is 0 Å². The summed E-state index contributed by atoms with van der Waals surface area (Å²) in [6, 6.07) is 0. The molecular formula is C4H10N6O4+2. The monoisotopic (exact) mass is 206 g/mol. The fourth-order valence-electron chi connectivity index (χ4n) is 0.942. The van der Waals surface area contributed by atoms with Gasteiger partial charge in [-0.2, -0.15) is 0 Å². The van der Waals surface area contributed by atoms with Crippen LogP contribution in [0.3, 0.4) is 0 Å². The van der Waals surface area contributed by atoms with E-state index in [-0.39, 0.29) is 11.6 Å². The zero-order chi connectivity index (χ0) is 10.6. The zero-order valence-electron chi connectivity index (χ0n) is 7.02. The van der Waals surface area contributed by atoms with Gasteiger partial charge in [-0.05, 0) is 10.9 Å². The quantitative estimate of drug-likeness (QED) is 0.282. The molecule has 0 unspecified atom stereocenters. The molecule has 0 aromatic carbocycles. The molecule has 0 aliphatic carbocycles. The van der Waals surface area contributed by atoms with Gasteiger partial charge in [0.2, 0.25) is 0 Å². The number of nitrogens with one attached hydrogen (secondary N) is 4. The second kappa shape index (κ2) is 4.11. The van der Waals surface area contributed by atoms with Crippen LogP contribution in [0.5, 0.6) is 0 Å². The van der Waals surface area contributed by atoms with Gasteiger partial charge in [0.25, 0.3) is 5.82 Å². The van der Waals surface area contributed by atoms with Crippen molar-refractivity contribution < 1.29 is 20.5 Å². The first-order chi connectivity index (χ1) is 6.59. The molecule has 78 valence electrons. The third-order valence-corrected chi connectivity index (χ3v) is 1.39. The first-order valence-corrected chi connectivity index (χ1v) is 3.67. The van der Waals surface area contributed by atoms with E-state index in [0.29, 0.717) is 13.1 Å². The molecule has 0 amide bonds. The Kier molecular flexibility index (Phi) is 2.89. The van der Waals surface area contributed by atoms with Crippen molar-refractivity contribution in [2.75, 3.05) is 13.1 Å². The van der Waals surface area contributed by atoms with Crippen LogP contribution in [0.15, 0.2) is 11.6 Å². The SMILES string of the molecule is O=[N+](O)NC(N[N+](=O)O)=C1NCCN1. The fourth-order valence-corrected chi connectivity index (χ4v) is 0.942. The standard InChI is InChI=1S/C4H10N6O4/c11-9(12)7-4(8-10(13)14)3-5-1-2-6-3/h5-8H,1-2H2,(H,11,12)(H,13,14)/q+2. The molecule has 10 nitrogen and oxygen atoms in total. The summed E-state index contributed by atoms with van der Waals surface area (Å²) in [6.07, 6.45) is 0. The number of hydrazine groups is 2. The first-order valence-electron chi connectivity index (χ1n) is 3.67. The van der Waals surface area contributed by atoms with E-state index in [1.165, 1.54) is 0 Å². The van der Waals surface area contributed by atoms with Crippen LogP contribution < -0.4 is 21.5 Å². The maximum absolute atomic E-state index is 10.2. The molecule has 0 aromatic rings. The van der Waals surface area contributed by atoms with Crippen molar-refractivity contribution in [3.05, 3.63) is 21.5 Å². The van der Waals surface area contributed by atoms with Crippen molar-refractivity contribution in [2.24, 2.45) is 0 Å². The van der Waals surface area contributed by atoms with Gasteiger partial charge in [0, 0.05) is 13.1 Å². The maximum Gasteiger partial charge on any atom is 0.361 e. The minimum absolute atomic E-state index is 0.197. The molecule has 0 atom stereocenters. The smallest absolute Gasteiger partial charge is 0.361 e. The predicted octanol–water partition coefficient (Wildman–Crippen LogP) is -2.35. The highest BCUT2D eigenvalue weighted by atomic mass is 16.7. The van der Waals surface area contributed by atoms with Gasteiger partial charge in [-0.3, -0.25) is 0 Å². The molecule has 0 bridgehead atoms. The Morgan fingerprint density at radius 1 is 1.14 bits per heavy atom. The van der Waals surface area contributed by atoms with Crippen LogP contribution in [0, 0.1) is 9.81 Å². The molecule has 0 aromatic heterocycles. The molecular weight excluding hydrogens is 196 g/mol. The molecule has 1 fully saturated rings. The van der Waals surface area contributed by atoms with E-state index in [9.17, 15) is 9.81 Å². The molecule has 1 saturated heterocycles. The van der Waals surface area contributed by atoms with Gasteiger partial charge >= 0.3 is 10.1 Å². The van der Waals surface area contributed by atoms with Crippen LogP contribution >= 0.6 is 0 Å². The zero-order valence-corrected chi connectivity index (χ0v) is 7.02. The molecule has 0 spiro atoms.